The van der Waals surface area contributed by atoms with E-state index in [0.717, 1.165) is 16.9 Å². The van der Waals surface area contributed by atoms with Crippen LogP contribution in [0.5, 0.6) is 0 Å². The second-order valence-electron chi connectivity index (χ2n) is 15.0. The van der Waals surface area contributed by atoms with Crippen LogP contribution in [-0.4, -0.2) is 30.1 Å². The van der Waals surface area contributed by atoms with E-state index in [1.165, 1.54) is 44.0 Å². The average molecular weight is 479 g/mol. The van der Waals surface area contributed by atoms with Crippen LogP contribution in [0.3, 0.4) is 0 Å². The fourth-order valence-electron chi connectivity index (χ4n) is 7.19. The Balaban J connectivity index is 2.09. The largest absolute Gasteiger partial charge is 0.296 e. The van der Waals surface area contributed by atoms with E-state index in [0.29, 0.717) is 0 Å². The van der Waals surface area contributed by atoms with Gasteiger partial charge in [-0.1, -0.05) is 94.0 Å². The average Bonchev–Trinajstić information content (AvgIpc) is 3.18. The molecule has 0 fully saturated rings. The Morgan fingerprint density at radius 3 is 1.86 bits per heavy atom. The minimum absolute atomic E-state index is 0.0427. The molecule has 3 aromatic heterocycles. The van der Waals surface area contributed by atoms with E-state index < -0.39 is 0 Å². The highest BCUT2D eigenvalue weighted by atomic mass is 15.0. The van der Waals surface area contributed by atoms with E-state index in [-0.39, 0.29) is 27.1 Å². The summed E-state index contributed by atoms with van der Waals surface area (Å²) in [5, 5.41) is 2.42. The first kappa shape index (κ1) is 25.4. The number of imidazole rings is 1. The molecule has 36 heavy (non-hydrogen) atoms. The number of pyridine rings is 2. The second kappa shape index (κ2) is 6.97. The number of rotatable bonds is 0. The van der Waals surface area contributed by atoms with Crippen LogP contribution in [0.1, 0.15) is 106 Å². The van der Waals surface area contributed by atoms with E-state index in [1.807, 2.05) is 6.20 Å². The van der Waals surface area contributed by atoms with Gasteiger partial charge >= 0.3 is 0 Å². The number of nitrogens with zero attached hydrogens (tertiary/aromatic N) is 3. The molecule has 0 atom stereocenters. The van der Waals surface area contributed by atoms with Gasteiger partial charge in [-0.15, -0.1) is 0 Å². The summed E-state index contributed by atoms with van der Waals surface area (Å²) in [7, 11) is 4.66. The van der Waals surface area contributed by atoms with Gasteiger partial charge in [-0.25, -0.2) is 4.98 Å². The van der Waals surface area contributed by atoms with Gasteiger partial charge < -0.3 is 0 Å². The molecule has 0 amide bonds. The van der Waals surface area contributed by atoms with E-state index in [4.69, 9.17) is 9.97 Å². The maximum atomic E-state index is 5.47. The van der Waals surface area contributed by atoms with Crippen LogP contribution in [0.15, 0.2) is 18.3 Å². The Bertz CT molecular complexity index is 1590. The lowest BCUT2D eigenvalue weighted by Gasteiger charge is -2.45. The monoisotopic (exact) mass is 479 g/mol. The van der Waals surface area contributed by atoms with E-state index in [2.05, 4.69) is 115 Å². The molecular formula is C31H43B2N3. The summed E-state index contributed by atoms with van der Waals surface area (Å²) in [6.45, 7) is 28.4. The third-order valence-corrected chi connectivity index (χ3v) is 10.2. The van der Waals surface area contributed by atoms with Crippen molar-refractivity contribution in [2.24, 2.45) is 5.41 Å². The standard InChI is InChI=1S/C31H43B2N3/c1-27(2,3)18-15-17-16(13-14-34-25(17)28(4,5)6)26-35-23-21(32)19-20(22(33)24(23)36(18)26)30(9,10)31(11,12)29(19,7)8/h13-15H,32-33H2,1-12H3. The fraction of sp³-hybridized carbons (Fsp3) is 0.548. The molecule has 0 N–H and O–H groups in total. The summed E-state index contributed by atoms with van der Waals surface area (Å²) in [6, 6.07) is 4.56. The summed E-state index contributed by atoms with van der Waals surface area (Å²) in [5.74, 6) is 0. The first-order chi connectivity index (χ1) is 16.3. The number of fused-ring (bicyclic) bond motifs is 6. The van der Waals surface area contributed by atoms with Crippen LogP contribution < -0.4 is 10.9 Å². The third-order valence-electron chi connectivity index (χ3n) is 10.2. The number of aromatic nitrogens is 3. The molecule has 188 valence electrons. The van der Waals surface area contributed by atoms with Gasteiger partial charge in [0.05, 0.1) is 16.7 Å². The predicted molar refractivity (Wildman–Crippen MR) is 162 cm³/mol. The first-order valence-electron chi connectivity index (χ1n) is 13.5. The molecule has 1 aliphatic carbocycles. The van der Waals surface area contributed by atoms with Crippen LogP contribution in [0.2, 0.25) is 0 Å². The fourth-order valence-corrected chi connectivity index (χ4v) is 7.19. The van der Waals surface area contributed by atoms with Crippen molar-refractivity contribution in [3.05, 3.63) is 40.8 Å². The van der Waals surface area contributed by atoms with Gasteiger partial charge in [0, 0.05) is 33.5 Å². The second-order valence-corrected chi connectivity index (χ2v) is 15.0. The molecule has 0 radical (unpaired) electrons. The Morgan fingerprint density at radius 2 is 1.33 bits per heavy atom. The molecule has 5 rings (SSSR count). The lowest BCUT2D eigenvalue weighted by atomic mass is 9.58. The Labute approximate surface area is 219 Å². The minimum atomic E-state index is -0.0571. The molecule has 0 saturated heterocycles. The van der Waals surface area contributed by atoms with Crippen LogP contribution >= 0.6 is 0 Å². The molecule has 3 heterocycles. The van der Waals surface area contributed by atoms with Crippen molar-refractivity contribution in [3.63, 3.8) is 0 Å². The smallest absolute Gasteiger partial charge is 0.146 e. The van der Waals surface area contributed by atoms with Crippen LogP contribution in [0.25, 0.3) is 27.5 Å². The molecule has 0 unspecified atom stereocenters. The van der Waals surface area contributed by atoms with Crippen molar-refractivity contribution in [1.29, 1.82) is 0 Å². The molecule has 0 bridgehead atoms. The molecule has 3 nitrogen and oxygen atoms in total. The summed E-state index contributed by atoms with van der Waals surface area (Å²) < 4.78 is 2.49. The maximum absolute atomic E-state index is 5.47. The van der Waals surface area contributed by atoms with Crippen LogP contribution in [0.4, 0.5) is 0 Å². The molecule has 0 spiro atoms. The van der Waals surface area contributed by atoms with Gasteiger partial charge in [-0.2, -0.15) is 0 Å². The summed E-state index contributed by atoms with van der Waals surface area (Å²) in [5.41, 5.74) is 11.8. The normalized spacial score (nSPS) is 18.9. The van der Waals surface area contributed by atoms with Crippen LogP contribution in [0, 0.1) is 5.41 Å². The third kappa shape index (κ3) is 2.89. The van der Waals surface area contributed by atoms with Crippen molar-refractivity contribution < 1.29 is 0 Å². The zero-order chi connectivity index (χ0) is 27.0. The summed E-state index contributed by atoms with van der Waals surface area (Å²) >= 11 is 0. The highest BCUT2D eigenvalue weighted by molar-refractivity contribution is 6.46. The van der Waals surface area contributed by atoms with Gasteiger partial charge in [0.1, 0.15) is 21.3 Å². The number of benzene rings is 1. The minimum Gasteiger partial charge on any atom is -0.296 e. The van der Waals surface area contributed by atoms with Gasteiger partial charge in [0.25, 0.3) is 0 Å². The van der Waals surface area contributed by atoms with Gasteiger partial charge in [0.2, 0.25) is 0 Å². The van der Waals surface area contributed by atoms with E-state index >= 15 is 0 Å². The Kier molecular flexibility index (Phi) is 4.91. The number of hydrogen-bond donors (Lipinski definition) is 0. The highest BCUT2D eigenvalue weighted by Crippen LogP contribution is 2.60. The molecule has 1 aromatic carbocycles. The van der Waals surface area contributed by atoms with Crippen molar-refractivity contribution in [3.8, 4) is 0 Å². The van der Waals surface area contributed by atoms with Crippen molar-refractivity contribution in [1.82, 2.24) is 14.4 Å². The summed E-state index contributed by atoms with van der Waals surface area (Å²) in [6.07, 6.45) is 1.97. The van der Waals surface area contributed by atoms with Gasteiger partial charge in [0.15, 0.2) is 0 Å². The van der Waals surface area contributed by atoms with Crippen molar-refractivity contribution in [2.45, 2.75) is 105 Å². The molecule has 1 aliphatic rings. The number of hydrogen-bond acceptors (Lipinski definition) is 2. The lowest BCUT2D eigenvalue weighted by molar-refractivity contribution is 0.125. The molecule has 0 saturated carbocycles. The summed E-state index contributed by atoms with van der Waals surface area (Å²) in [4.78, 5) is 10.3. The molecule has 0 aliphatic heterocycles. The van der Waals surface area contributed by atoms with Crippen molar-refractivity contribution in [2.75, 3.05) is 0 Å². The molecule has 5 heteroatoms. The predicted octanol–water partition coefficient (Wildman–Crippen LogP) is 4.74. The van der Waals surface area contributed by atoms with Gasteiger partial charge in [-0.05, 0) is 39.5 Å². The Morgan fingerprint density at radius 1 is 0.778 bits per heavy atom. The SMILES string of the molecule is Bc1c2c(c(B)c3c1nc1c4ccnc(C(C)(C)C)c4cc(C(C)(C)C)n13)C(C)(C)C(C)(C)C2(C)C. The quantitative estimate of drug-likeness (QED) is 0.341. The van der Waals surface area contributed by atoms with Gasteiger partial charge in [-0.3, -0.25) is 9.38 Å². The van der Waals surface area contributed by atoms with Crippen LogP contribution in [-0.2, 0) is 21.7 Å². The Hall–Kier alpha value is -2.29. The first-order valence-corrected chi connectivity index (χ1v) is 13.5. The van der Waals surface area contributed by atoms with Crippen molar-refractivity contribution >= 4 is 54.1 Å². The van der Waals surface area contributed by atoms with E-state index in [9.17, 15) is 0 Å². The topological polar surface area (TPSA) is 30.2 Å². The maximum Gasteiger partial charge on any atom is 0.146 e. The van der Waals surface area contributed by atoms with E-state index in [1.54, 1.807) is 0 Å². The highest BCUT2D eigenvalue weighted by Gasteiger charge is 2.58. The zero-order valence-electron chi connectivity index (χ0n) is 25.1. The zero-order valence-corrected chi connectivity index (χ0v) is 25.1. The lowest BCUT2D eigenvalue weighted by Crippen LogP contribution is -2.43. The molecule has 4 aromatic rings. The molecular weight excluding hydrogens is 436 g/mol.